The van der Waals surface area contributed by atoms with Gasteiger partial charge in [0.05, 0.1) is 17.9 Å². The normalized spacial score (nSPS) is 16.9. The number of anilines is 1. The maximum atomic E-state index is 13.0. The van der Waals surface area contributed by atoms with Crippen molar-refractivity contribution in [3.63, 3.8) is 0 Å². The van der Waals surface area contributed by atoms with E-state index in [1.165, 1.54) is 37.4 Å². The number of hydrogen-bond acceptors (Lipinski definition) is 7. The topological polar surface area (TPSA) is 66.5 Å². The van der Waals surface area contributed by atoms with Gasteiger partial charge in [-0.05, 0) is 30.3 Å². The summed E-state index contributed by atoms with van der Waals surface area (Å²) >= 11 is 0. The third-order valence-corrected chi connectivity index (χ3v) is 3.35. The summed E-state index contributed by atoms with van der Waals surface area (Å²) in [5.74, 6) is -0.853. The van der Waals surface area contributed by atoms with E-state index in [1.54, 1.807) is 18.2 Å². The Morgan fingerprint density at radius 2 is 2.00 bits per heavy atom. The molecule has 8 heteroatoms. The van der Waals surface area contributed by atoms with Crippen LogP contribution in [0.1, 0.15) is 22.2 Å². The van der Waals surface area contributed by atoms with Crippen LogP contribution >= 0.6 is 0 Å². The van der Waals surface area contributed by atoms with E-state index in [0.29, 0.717) is 23.4 Å². The van der Waals surface area contributed by atoms with Crippen molar-refractivity contribution in [3.8, 4) is 0 Å². The quantitative estimate of drug-likeness (QED) is 0.451. The molecule has 1 fully saturated rings. The number of esters is 1. The summed E-state index contributed by atoms with van der Waals surface area (Å²) < 4.78 is 22.9. The van der Waals surface area contributed by atoms with Crippen LogP contribution in [-0.4, -0.2) is 26.3 Å². The fourth-order valence-electron chi connectivity index (χ4n) is 2.09. The second kappa shape index (κ2) is 8.04. The Labute approximate surface area is 143 Å². The zero-order valence-electron chi connectivity index (χ0n) is 13.4. The fraction of sp³-hybridized carbons (Fsp3) is 0.235. The minimum Gasteiger partial charge on any atom is -0.460 e. The van der Waals surface area contributed by atoms with E-state index in [0.717, 1.165) is 5.23 Å². The van der Waals surface area contributed by atoms with Gasteiger partial charge in [-0.15, -0.1) is 0 Å². The van der Waals surface area contributed by atoms with Crippen molar-refractivity contribution in [1.82, 2.24) is 0 Å². The first-order valence-electron chi connectivity index (χ1n) is 7.49. The molecule has 0 saturated carbocycles. The first-order valence-corrected chi connectivity index (χ1v) is 7.49. The summed E-state index contributed by atoms with van der Waals surface area (Å²) in [6, 6.07) is 12.1. The Morgan fingerprint density at radius 1 is 1.20 bits per heavy atom. The molecule has 1 atom stereocenters. The van der Waals surface area contributed by atoms with Gasteiger partial charge < -0.3 is 9.47 Å². The smallest absolute Gasteiger partial charge is 0.338 e. The maximum Gasteiger partial charge on any atom is 0.338 e. The molecule has 1 aliphatic rings. The van der Waals surface area contributed by atoms with Crippen molar-refractivity contribution in [2.45, 2.75) is 6.29 Å². The summed E-state index contributed by atoms with van der Waals surface area (Å²) in [4.78, 5) is 27.5. The molecule has 0 radical (unpaired) electrons. The summed E-state index contributed by atoms with van der Waals surface area (Å²) in [6.07, 6.45) is -0.849. The molecule has 1 heterocycles. The molecular formula is C17H16FNO6. The Balaban J connectivity index is 1.65. The lowest BCUT2D eigenvalue weighted by molar-refractivity contribution is -0.286. The molecule has 1 saturated heterocycles. The van der Waals surface area contributed by atoms with Crippen molar-refractivity contribution in [1.29, 1.82) is 0 Å². The average Bonchev–Trinajstić information content (AvgIpc) is 3.13. The third-order valence-electron chi connectivity index (χ3n) is 3.35. The highest BCUT2D eigenvalue weighted by molar-refractivity contribution is 5.90. The molecule has 2 aromatic carbocycles. The lowest BCUT2D eigenvalue weighted by Crippen LogP contribution is -2.16. The molecule has 3 rings (SSSR count). The highest BCUT2D eigenvalue weighted by Gasteiger charge is 2.29. The van der Waals surface area contributed by atoms with Gasteiger partial charge >= 0.3 is 5.97 Å². The standard InChI is InChI=1S/C17H16FNO6/c1-21-9-10-22-16(20)13-3-2-4-15(11-13)19-23-17(24-25-19)12-5-7-14(18)8-6-12/h2-8,11,17H,9-10H2,1H3. The lowest BCUT2D eigenvalue weighted by Gasteiger charge is -2.13. The molecule has 0 bridgehead atoms. The molecule has 1 aliphatic heterocycles. The number of carbonyl (C=O) groups excluding carboxylic acids is 1. The monoisotopic (exact) mass is 349 g/mol. The van der Waals surface area contributed by atoms with Crippen LogP contribution in [0.5, 0.6) is 0 Å². The first-order chi connectivity index (χ1) is 12.2. The van der Waals surface area contributed by atoms with Gasteiger partial charge in [0.25, 0.3) is 0 Å². The summed E-state index contributed by atoms with van der Waals surface area (Å²) in [5.41, 5.74) is 1.34. The van der Waals surface area contributed by atoms with Gasteiger partial charge in [0.15, 0.2) is 0 Å². The van der Waals surface area contributed by atoms with E-state index in [2.05, 4.69) is 0 Å². The zero-order chi connectivity index (χ0) is 17.6. The Bertz CT molecular complexity index is 723. The number of carbonyl (C=O) groups is 1. The van der Waals surface area contributed by atoms with Gasteiger partial charge in [0, 0.05) is 12.7 Å². The van der Waals surface area contributed by atoms with E-state index in [9.17, 15) is 9.18 Å². The number of ether oxygens (including phenoxy) is 2. The number of nitrogens with zero attached hydrogens (tertiary/aromatic N) is 1. The summed E-state index contributed by atoms with van der Waals surface area (Å²) in [5, 5.41) is 1.03. The SMILES string of the molecule is COCCOC(=O)c1cccc(N2OOC(c3ccc(F)cc3)O2)c1. The van der Waals surface area contributed by atoms with Crippen LogP contribution in [0.15, 0.2) is 48.5 Å². The van der Waals surface area contributed by atoms with Crippen molar-refractivity contribution in [2.24, 2.45) is 0 Å². The predicted molar refractivity (Wildman–Crippen MR) is 83.5 cm³/mol. The largest absolute Gasteiger partial charge is 0.460 e. The van der Waals surface area contributed by atoms with Crippen LogP contribution in [0.25, 0.3) is 0 Å². The first kappa shape index (κ1) is 17.3. The molecule has 0 N–H and O–H groups in total. The molecule has 2 aromatic rings. The molecular weight excluding hydrogens is 333 g/mol. The van der Waals surface area contributed by atoms with Crippen molar-refractivity contribution < 1.29 is 33.4 Å². The zero-order valence-corrected chi connectivity index (χ0v) is 13.4. The molecule has 25 heavy (non-hydrogen) atoms. The average molecular weight is 349 g/mol. The highest BCUT2D eigenvalue weighted by Crippen LogP contribution is 2.31. The Morgan fingerprint density at radius 3 is 2.76 bits per heavy atom. The van der Waals surface area contributed by atoms with Gasteiger partial charge in [-0.2, -0.15) is 4.89 Å². The lowest BCUT2D eigenvalue weighted by atomic mass is 10.2. The molecule has 132 valence electrons. The molecule has 0 spiro atoms. The van der Waals surface area contributed by atoms with Crippen molar-refractivity contribution >= 4 is 11.7 Å². The maximum absolute atomic E-state index is 13.0. The molecule has 0 amide bonds. The van der Waals surface area contributed by atoms with Gasteiger partial charge in [-0.1, -0.05) is 28.4 Å². The number of methoxy groups -OCH3 is 1. The minimum absolute atomic E-state index is 0.159. The molecule has 7 nitrogen and oxygen atoms in total. The highest BCUT2D eigenvalue weighted by atomic mass is 19.1. The van der Waals surface area contributed by atoms with Crippen LogP contribution in [0.2, 0.25) is 0 Å². The van der Waals surface area contributed by atoms with Crippen LogP contribution in [0.3, 0.4) is 0 Å². The number of rotatable bonds is 6. The van der Waals surface area contributed by atoms with Gasteiger partial charge in [0.1, 0.15) is 12.4 Å². The Hall–Kier alpha value is -2.52. The fourth-order valence-corrected chi connectivity index (χ4v) is 2.09. The van der Waals surface area contributed by atoms with E-state index in [1.807, 2.05) is 0 Å². The summed E-state index contributed by atoms with van der Waals surface area (Å²) in [7, 11) is 1.52. The van der Waals surface area contributed by atoms with Crippen molar-refractivity contribution in [2.75, 3.05) is 25.6 Å². The predicted octanol–water partition coefficient (Wildman–Crippen LogP) is 2.94. The van der Waals surface area contributed by atoms with Gasteiger partial charge in [0.2, 0.25) is 6.29 Å². The van der Waals surface area contributed by atoms with Gasteiger partial charge in [-0.25, -0.2) is 14.0 Å². The van der Waals surface area contributed by atoms with Crippen molar-refractivity contribution in [3.05, 3.63) is 65.5 Å². The second-order valence-corrected chi connectivity index (χ2v) is 5.10. The van der Waals surface area contributed by atoms with Crippen LogP contribution in [-0.2, 0) is 24.2 Å². The van der Waals surface area contributed by atoms with E-state index < -0.39 is 12.3 Å². The van der Waals surface area contributed by atoms with E-state index in [4.69, 9.17) is 24.2 Å². The van der Waals surface area contributed by atoms with Crippen LogP contribution < -0.4 is 5.23 Å². The molecule has 1 unspecified atom stereocenters. The third kappa shape index (κ3) is 4.31. The number of benzene rings is 2. The minimum atomic E-state index is -0.849. The van der Waals surface area contributed by atoms with Crippen LogP contribution in [0.4, 0.5) is 10.1 Å². The van der Waals surface area contributed by atoms with E-state index >= 15 is 0 Å². The van der Waals surface area contributed by atoms with Gasteiger partial charge in [-0.3, -0.25) is 0 Å². The van der Waals surface area contributed by atoms with E-state index in [-0.39, 0.29) is 12.4 Å². The summed E-state index contributed by atoms with van der Waals surface area (Å²) in [6.45, 7) is 0.475. The Kier molecular flexibility index (Phi) is 5.56. The second-order valence-electron chi connectivity index (χ2n) is 5.10. The molecule has 0 aromatic heterocycles. The molecule has 0 aliphatic carbocycles. The number of hydrogen-bond donors (Lipinski definition) is 0. The number of halogens is 1. The van der Waals surface area contributed by atoms with Crippen LogP contribution in [0, 0.1) is 5.82 Å².